The van der Waals surface area contributed by atoms with Gasteiger partial charge in [-0.25, -0.2) is 0 Å². The first-order valence-electron chi connectivity index (χ1n) is 14.9. The van der Waals surface area contributed by atoms with Gasteiger partial charge in [0, 0.05) is 19.1 Å². The molecule has 0 bridgehead atoms. The molecule has 5 rings (SSSR count). The predicted molar refractivity (Wildman–Crippen MR) is 139 cm³/mol. The van der Waals surface area contributed by atoms with Crippen LogP contribution in [0.25, 0.3) is 0 Å². The standard InChI is InChI=1S/C31H50O4/c1-20(2)13-17-33-21(3)24-9-10-25-29-26(12-15-31(24,25)5)30(4)14-11-23(18-22(30)19-27(29)32)35-28-8-6-7-16-34-28/h19-21,23-26,28-29H,6-18H2,1-5H3/t21-,23-,24+,25-,26-,28?,29-,30-,31+/m0/s1. The maximum Gasteiger partial charge on any atom is 0.159 e. The molecule has 1 heterocycles. The second-order valence-electron chi connectivity index (χ2n) is 13.5. The molecule has 0 aromatic heterocycles. The molecule has 35 heavy (non-hydrogen) atoms. The molecule has 9 atom stereocenters. The molecule has 4 heteroatoms. The molecule has 0 spiro atoms. The Kier molecular flexibility index (Phi) is 7.57. The topological polar surface area (TPSA) is 44.8 Å². The van der Waals surface area contributed by atoms with E-state index in [0.29, 0.717) is 29.5 Å². The predicted octanol–water partition coefficient (Wildman–Crippen LogP) is 7.11. The summed E-state index contributed by atoms with van der Waals surface area (Å²) in [5, 5.41) is 0. The van der Waals surface area contributed by atoms with Crippen LogP contribution in [-0.2, 0) is 19.0 Å². The van der Waals surface area contributed by atoms with E-state index in [1.165, 1.54) is 37.7 Å². The Hall–Kier alpha value is -0.710. The summed E-state index contributed by atoms with van der Waals surface area (Å²) in [6, 6.07) is 0. The van der Waals surface area contributed by atoms with E-state index in [9.17, 15) is 4.79 Å². The number of carbonyl (C=O) groups is 1. The highest BCUT2D eigenvalue weighted by molar-refractivity contribution is 5.94. The SMILES string of the molecule is CC(C)CCO[C@@H](C)[C@H]1CC[C@H]2[C@@H]3C(=O)C=C4C[C@@H](OC5CCCCO5)CC[C@]4(C)[C@H]3CC[C@]12C. The molecule has 1 unspecified atom stereocenters. The van der Waals surface area contributed by atoms with Gasteiger partial charge in [-0.05, 0) is 118 Å². The van der Waals surface area contributed by atoms with Crippen LogP contribution in [0.3, 0.4) is 0 Å². The lowest BCUT2D eigenvalue weighted by Crippen LogP contribution is -2.54. The van der Waals surface area contributed by atoms with E-state index in [0.717, 1.165) is 51.7 Å². The van der Waals surface area contributed by atoms with Crippen LogP contribution in [0.15, 0.2) is 11.6 Å². The first-order chi connectivity index (χ1) is 16.7. The second-order valence-corrected chi connectivity index (χ2v) is 13.5. The Labute approximate surface area is 213 Å². The monoisotopic (exact) mass is 486 g/mol. The van der Waals surface area contributed by atoms with Gasteiger partial charge in [-0.15, -0.1) is 0 Å². The largest absolute Gasteiger partial charge is 0.378 e. The molecule has 198 valence electrons. The Morgan fingerprint density at radius 1 is 1.03 bits per heavy atom. The van der Waals surface area contributed by atoms with Gasteiger partial charge >= 0.3 is 0 Å². The lowest BCUT2D eigenvalue weighted by atomic mass is 9.47. The van der Waals surface area contributed by atoms with Gasteiger partial charge in [0.05, 0.1) is 12.2 Å². The van der Waals surface area contributed by atoms with Gasteiger partial charge < -0.3 is 14.2 Å². The number of carbonyl (C=O) groups excluding carboxylic acids is 1. The van der Waals surface area contributed by atoms with Crippen molar-refractivity contribution in [3.63, 3.8) is 0 Å². The maximum atomic E-state index is 13.8. The van der Waals surface area contributed by atoms with E-state index in [1.54, 1.807) is 0 Å². The molecule has 4 aliphatic carbocycles. The van der Waals surface area contributed by atoms with Gasteiger partial charge in [0.1, 0.15) is 0 Å². The Balaban J connectivity index is 1.29. The molecule has 4 fully saturated rings. The smallest absolute Gasteiger partial charge is 0.159 e. The van der Waals surface area contributed by atoms with Crippen LogP contribution in [-0.4, -0.2) is 37.5 Å². The van der Waals surface area contributed by atoms with E-state index in [1.807, 2.05) is 0 Å². The molecule has 0 radical (unpaired) electrons. The Morgan fingerprint density at radius 3 is 2.60 bits per heavy atom. The van der Waals surface area contributed by atoms with Crippen LogP contribution in [0.2, 0.25) is 0 Å². The van der Waals surface area contributed by atoms with Gasteiger partial charge in [-0.3, -0.25) is 4.79 Å². The van der Waals surface area contributed by atoms with Crippen molar-refractivity contribution >= 4 is 5.78 Å². The molecule has 0 aromatic carbocycles. The molecule has 0 amide bonds. The highest BCUT2D eigenvalue weighted by Crippen LogP contribution is 2.66. The van der Waals surface area contributed by atoms with Gasteiger partial charge in [0.15, 0.2) is 12.1 Å². The molecule has 1 saturated heterocycles. The Morgan fingerprint density at radius 2 is 1.86 bits per heavy atom. The number of rotatable bonds is 7. The molecule has 5 aliphatic rings. The van der Waals surface area contributed by atoms with Crippen molar-refractivity contribution in [1.29, 1.82) is 0 Å². The van der Waals surface area contributed by atoms with Crippen molar-refractivity contribution < 1.29 is 19.0 Å². The molecule has 4 nitrogen and oxygen atoms in total. The maximum absolute atomic E-state index is 13.8. The third kappa shape index (κ3) is 4.81. The lowest BCUT2D eigenvalue weighted by Gasteiger charge is -2.57. The average molecular weight is 487 g/mol. The summed E-state index contributed by atoms with van der Waals surface area (Å²) < 4.78 is 18.6. The highest BCUT2D eigenvalue weighted by Gasteiger charge is 2.61. The zero-order chi connectivity index (χ0) is 24.8. The van der Waals surface area contributed by atoms with Crippen LogP contribution in [0.1, 0.15) is 105 Å². The summed E-state index contributed by atoms with van der Waals surface area (Å²) in [4.78, 5) is 13.8. The van der Waals surface area contributed by atoms with E-state index in [-0.39, 0.29) is 35.2 Å². The summed E-state index contributed by atoms with van der Waals surface area (Å²) in [6.07, 6.45) is 15.0. The van der Waals surface area contributed by atoms with Crippen LogP contribution >= 0.6 is 0 Å². The fraction of sp³-hybridized carbons (Fsp3) is 0.903. The van der Waals surface area contributed by atoms with E-state index < -0.39 is 0 Å². The average Bonchev–Trinajstić information content (AvgIpc) is 3.17. The number of hydrogen-bond donors (Lipinski definition) is 0. The minimum absolute atomic E-state index is 0.0405. The lowest BCUT2D eigenvalue weighted by molar-refractivity contribution is -0.195. The number of allylic oxidation sites excluding steroid dienone is 1. The normalized spacial score (nSPS) is 44.4. The van der Waals surface area contributed by atoms with Crippen molar-refractivity contribution in [2.24, 2.45) is 40.4 Å². The van der Waals surface area contributed by atoms with Crippen molar-refractivity contribution in [2.75, 3.05) is 13.2 Å². The first kappa shape index (κ1) is 25.9. The molecule has 0 aromatic rings. The second kappa shape index (κ2) is 10.2. The van der Waals surface area contributed by atoms with Crippen molar-refractivity contribution in [3.8, 4) is 0 Å². The zero-order valence-corrected chi connectivity index (χ0v) is 23.0. The quantitative estimate of drug-likeness (QED) is 0.385. The number of fused-ring (bicyclic) bond motifs is 5. The fourth-order valence-corrected chi connectivity index (χ4v) is 8.94. The van der Waals surface area contributed by atoms with Crippen LogP contribution in [0.5, 0.6) is 0 Å². The minimum Gasteiger partial charge on any atom is -0.378 e. The molecular weight excluding hydrogens is 436 g/mol. The molecule has 1 aliphatic heterocycles. The summed E-state index contributed by atoms with van der Waals surface area (Å²) in [7, 11) is 0. The highest BCUT2D eigenvalue weighted by atomic mass is 16.7. The summed E-state index contributed by atoms with van der Waals surface area (Å²) in [5.74, 6) is 2.88. The number of hydrogen-bond acceptors (Lipinski definition) is 4. The summed E-state index contributed by atoms with van der Waals surface area (Å²) >= 11 is 0. The van der Waals surface area contributed by atoms with Crippen molar-refractivity contribution in [3.05, 3.63) is 11.6 Å². The van der Waals surface area contributed by atoms with Crippen LogP contribution < -0.4 is 0 Å². The van der Waals surface area contributed by atoms with Gasteiger partial charge in [-0.1, -0.05) is 33.3 Å². The number of ether oxygens (including phenoxy) is 3. The van der Waals surface area contributed by atoms with Crippen molar-refractivity contribution in [2.45, 2.75) is 124 Å². The number of ketones is 1. The van der Waals surface area contributed by atoms with E-state index in [4.69, 9.17) is 14.2 Å². The first-order valence-corrected chi connectivity index (χ1v) is 14.9. The fourth-order valence-electron chi connectivity index (χ4n) is 8.94. The molecule has 3 saturated carbocycles. The van der Waals surface area contributed by atoms with Gasteiger partial charge in [0.25, 0.3) is 0 Å². The summed E-state index contributed by atoms with van der Waals surface area (Å²) in [5.41, 5.74) is 1.76. The molecule has 0 N–H and O–H groups in total. The zero-order valence-electron chi connectivity index (χ0n) is 23.0. The molecular formula is C31H50O4. The Bertz CT molecular complexity index is 798. The summed E-state index contributed by atoms with van der Waals surface area (Å²) in [6.45, 7) is 13.5. The van der Waals surface area contributed by atoms with E-state index in [2.05, 4.69) is 40.7 Å². The van der Waals surface area contributed by atoms with Crippen LogP contribution in [0.4, 0.5) is 0 Å². The van der Waals surface area contributed by atoms with E-state index >= 15 is 0 Å². The third-order valence-corrected chi connectivity index (χ3v) is 11.1. The third-order valence-electron chi connectivity index (χ3n) is 11.1. The minimum atomic E-state index is -0.0405. The van der Waals surface area contributed by atoms with Crippen molar-refractivity contribution in [1.82, 2.24) is 0 Å². The van der Waals surface area contributed by atoms with Crippen LogP contribution in [0, 0.1) is 40.4 Å². The van der Waals surface area contributed by atoms with Gasteiger partial charge in [-0.2, -0.15) is 0 Å². The van der Waals surface area contributed by atoms with Gasteiger partial charge in [0.2, 0.25) is 0 Å².